The number of rotatable bonds is 3. The second-order valence-electron chi connectivity index (χ2n) is 6.15. The molecule has 28 heavy (non-hydrogen) atoms. The minimum Gasteiger partial charge on any atom is -0.240 e. The summed E-state index contributed by atoms with van der Waals surface area (Å²) < 4.78 is 40.7. The van der Waals surface area contributed by atoms with Crippen LogP contribution in [0.1, 0.15) is 11.3 Å². The van der Waals surface area contributed by atoms with Crippen LogP contribution >= 0.6 is 0 Å². The molecule has 7 heteroatoms. The number of hydrazone groups is 1. The van der Waals surface area contributed by atoms with E-state index >= 15 is 0 Å². The summed E-state index contributed by atoms with van der Waals surface area (Å²) in [5.74, 6) is 0. The normalized spacial score (nSPS) is 14.3. The third-order valence-electron chi connectivity index (χ3n) is 4.25. The number of para-hydroxylation sites is 1. The lowest BCUT2D eigenvalue weighted by Crippen LogP contribution is -2.21. The van der Waals surface area contributed by atoms with Gasteiger partial charge in [0.25, 0.3) is 0 Å². The Morgan fingerprint density at radius 3 is 2.39 bits per heavy atom. The third kappa shape index (κ3) is 3.34. The average Bonchev–Trinajstić information content (AvgIpc) is 3.18. The number of hydrogen-bond acceptors (Lipinski definition) is 3. The maximum absolute atomic E-state index is 13.1. The van der Waals surface area contributed by atoms with Crippen molar-refractivity contribution in [2.24, 2.45) is 5.10 Å². The summed E-state index contributed by atoms with van der Waals surface area (Å²) in [5, 5.41) is 10.5. The number of aromatic nitrogens is 2. The standard InChI is InChI=1S/C21H15F3N4/c1-15-11-13-27(17-7-3-2-4-8-17)26-20(15)19-10-12-25-28(19)18-9-5-6-16(14-18)21(22,23)24/h2-14H,1H2. The molecule has 0 radical (unpaired) electrons. The van der Waals surface area contributed by atoms with Gasteiger partial charge in [-0.15, -0.1) is 0 Å². The molecule has 0 spiro atoms. The van der Waals surface area contributed by atoms with Gasteiger partial charge in [0, 0.05) is 6.20 Å². The summed E-state index contributed by atoms with van der Waals surface area (Å²) in [5.41, 5.74) is 2.14. The Hall–Kier alpha value is -3.61. The summed E-state index contributed by atoms with van der Waals surface area (Å²) in [6.45, 7) is 4.01. The Morgan fingerprint density at radius 1 is 0.893 bits per heavy atom. The highest BCUT2D eigenvalue weighted by Gasteiger charge is 2.31. The first kappa shape index (κ1) is 17.8. The SMILES string of the molecule is C=C1C=CN(c2ccccc2)N=C1c1ccnn1-c1cccc(C(F)(F)F)c1. The van der Waals surface area contributed by atoms with Gasteiger partial charge in [0.2, 0.25) is 0 Å². The molecule has 0 bridgehead atoms. The van der Waals surface area contributed by atoms with Gasteiger partial charge in [-0.1, -0.05) is 30.8 Å². The van der Waals surface area contributed by atoms with Gasteiger partial charge in [0.1, 0.15) is 5.71 Å². The highest BCUT2D eigenvalue weighted by molar-refractivity contribution is 6.14. The van der Waals surface area contributed by atoms with Crippen LogP contribution in [0.3, 0.4) is 0 Å². The van der Waals surface area contributed by atoms with Crippen LogP contribution < -0.4 is 5.01 Å². The molecule has 4 rings (SSSR count). The number of anilines is 1. The molecule has 1 aliphatic rings. The maximum Gasteiger partial charge on any atom is 0.416 e. The van der Waals surface area contributed by atoms with E-state index in [9.17, 15) is 13.2 Å². The van der Waals surface area contributed by atoms with Crippen molar-refractivity contribution in [1.82, 2.24) is 9.78 Å². The molecule has 1 aliphatic heterocycles. The van der Waals surface area contributed by atoms with E-state index in [2.05, 4.69) is 16.8 Å². The quantitative estimate of drug-likeness (QED) is 0.627. The smallest absolute Gasteiger partial charge is 0.240 e. The van der Waals surface area contributed by atoms with E-state index in [0.717, 1.165) is 17.8 Å². The van der Waals surface area contributed by atoms with Crippen molar-refractivity contribution in [1.29, 1.82) is 0 Å². The zero-order valence-corrected chi connectivity index (χ0v) is 14.6. The second kappa shape index (κ2) is 6.84. The van der Waals surface area contributed by atoms with Crippen molar-refractivity contribution in [3.8, 4) is 5.69 Å². The van der Waals surface area contributed by atoms with Gasteiger partial charge in [0.15, 0.2) is 0 Å². The van der Waals surface area contributed by atoms with E-state index in [-0.39, 0.29) is 0 Å². The molecule has 0 aliphatic carbocycles. The predicted molar refractivity (Wildman–Crippen MR) is 102 cm³/mol. The first-order valence-corrected chi connectivity index (χ1v) is 8.46. The predicted octanol–water partition coefficient (Wildman–Crippen LogP) is 5.19. The number of allylic oxidation sites excluding steroid dienone is 2. The number of hydrogen-bond donors (Lipinski definition) is 0. The Bertz CT molecular complexity index is 1080. The van der Waals surface area contributed by atoms with Crippen molar-refractivity contribution in [2.75, 3.05) is 5.01 Å². The molecule has 0 unspecified atom stereocenters. The van der Waals surface area contributed by atoms with E-state index in [4.69, 9.17) is 0 Å². The van der Waals surface area contributed by atoms with Gasteiger partial charge in [0.05, 0.1) is 28.8 Å². The second-order valence-corrected chi connectivity index (χ2v) is 6.15. The molecule has 0 fully saturated rings. The minimum atomic E-state index is -4.43. The zero-order chi connectivity index (χ0) is 19.7. The van der Waals surface area contributed by atoms with Gasteiger partial charge in [-0.25, -0.2) is 9.69 Å². The van der Waals surface area contributed by atoms with Crippen LogP contribution in [0, 0.1) is 0 Å². The van der Waals surface area contributed by atoms with Crippen LogP contribution in [0.25, 0.3) is 5.69 Å². The highest BCUT2D eigenvalue weighted by atomic mass is 19.4. The fourth-order valence-electron chi connectivity index (χ4n) is 2.89. The Balaban J connectivity index is 1.77. The highest BCUT2D eigenvalue weighted by Crippen LogP contribution is 2.31. The molecule has 0 N–H and O–H groups in total. The van der Waals surface area contributed by atoms with E-state index in [0.29, 0.717) is 22.7 Å². The fraction of sp³-hybridized carbons (Fsp3) is 0.0476. The topological polar surface area (TPSA) is 33.4 Å². The van der Waals surface area contributed by atoms with Crippen molar-refractivity contribution < 1.29 is 13.2 Å². The van der Waals surface area contributed by atoms with Gasteiger partial charge in [-0.05, 0) is 48.0 Å². The monoisotopic (exact) mass is 380 g/mol. The number of benzene rings is 2. The van der Waals surface area contributed by atoms with Crippen LogP contribution in [-0.2, 0) is 6.18 Å². The lowest BCUT2D eigenvalue weighted by Gasteiger charge is -2.22. The van der Waals surface area contributed by atoms with Crippen LogP contribution in [0.4, 0.5) is 18.9 Å². The first-order valence-electron chi connectivity index (χ1n) is 8.46. The number of halogens is 3. The molecular weight excluding hydrogens is 365 g/mol. The number of alkyl halides is 3. The van der Waals surface area contributed by atoms with Crippen LogP contribution in [-0.4, -0.2) is 15.5 Å². The van der Waals surface area contributed by atoms with Gasteiger partial charge < -0.3 is 0 Å². The van der Waals surface area contributed by atoms with Crippen LogP contribution in [0.2, 0.25) is 0 Å². The van der Waals surface area contributed by atoms with E-state index in [1.807, 2.05) is 30.3 Å². The van der Waals surface area contributed by atoms with Crippen molar-refractivity contribution in [3.05, 3.63) is 103 Å². The van der Waals surface area contributed by atoms with E-state index in [1.54, 1.807) is 29.4 Å². The molecule has 0 saturated carbocycles. The first-order chi connectivity index (χ1) is 13.4. The van der Waals surface area contributed by atoms with Crippen LogP contribution in [0.15, 0.2) is 96.4 Å². The summed E-state index contributed by atoms with van der Waals surface area (Å²) in [6.07, 6.45) is 0.684. The molecule has 4 nitrogen and oxygen atoms in total. The molecule has 3 aromatic rings. The van der Waals surface area contributed by atoms with Gasteiger partial charge >= 0.3 is 6.18 Å². The average molecular weight is 380 g/mol. The Morgan fingerprint density at radius 2 is 1.64 bits per heavy atom. The fourth-order valence-corrected chi connectivity index (χ4v) is 2.89. The minimum absolute atomic E-state index is 0.297. The molecule has 0 atom stereocenters. The lowest BCUT2D eigenvalue weighted by molar-refractivity contribution is -0.137. The third-order valence-corrected chi connectivity index (χ3v) is 4.25. The molecule has 2 heterocycles. The number of nitrogens with zero attached hydrogens (tertiary/aromatic N) is 4. The molecule has 1 aromatic heterocycles. The largest absolute Gasteiger partial charge is 0.416 e. The summed E-state index contributed by atoms with van der Waals surface area (Å²) in [7, 11) is 0. The molecule has 0 amide bonds. The summed E-state index contributed by atoms with van der Waals surface area (Å²) in [6, 6.07) is 16.2. The molecule has 140 valence electrons. The van der Waals surface area contributed by atoms with E-state index in [1.165, 1.54) is 16.9 Å². The maximum atomic E-state index is 13.1. The summed E-state index contributed by atoms with van der Waals surface area (Å²) in [4.78, 5) is 0. The Labute approximate surface area is 159 Å². The van der Waals surface area contributed by atoms with Gasteiger partial charge in [-0.3, -0.25) is 0 Å². The Kier molecular flexibility index (Phi) is 4.35. The van der Waals surface area contributed by atoms with Crippen LogP contribution in [0.5, 0.6) is 0 Å². The molecular formula is C21H15F3N4. The van der Waals surface area contributed by atoms with Crippen molar-refractivity contribution in [3.63, 3.8) is 0 Å². The van der Waals surface area contributed by atoms with E-state index < -0.39 is 11.7 Å². The van der Waals surface area contributed by atoms with Crippen molar-refractivity contribution >= 4 is 11.4 Å². The van der Waals surface area contributed by atoms with Crippen molar-refractivity contribution in [2.45, 2.75) is 6.18 Å². The lowest BCUT2D eigenvalue weighted by atomic mass is 10.1. The zero-order valence-electron chi connectivity index (χ0n) is 14.6. The summed E-state index contributed by atoms with van der Waals surface area (Å²) >= 11 is 0. The molecule has 0 saturated heterocycles. The molecule has 2 aromatic carbocycles. The van der Waals surface area contributed by atoms with Gasteiger partial charge in [-0.2, -0.15) is 23.4 Å².